The number of rotatable bonds is 5. The molecule has 4 nitrogen and oxygen atoms in total. The van der Waals surface area contributed by atoms with Crippen LogP contribution in [0, 0.1) is 0 Å². The summed E-state index contributed by atoms with van der Waals surface area (Å²) in [6.45, 7) is 0.763. The van der Waals surface area contributed by atoms with E-state index in [2.05, 4.69) is 9.30 Å². The first-order chi connectivity index (χ1) is 8.74. The molecule has 2 aromatic rings. The van der Waals surface area contributed by atoms with Gasteiger partial charge in [0.25, 0.3) is 0 Å². The molecule has 0 aliphatic heterocycles. The van der Waals surface area contributed by atoms with Gasteiger partial charge in [-0.3, -0.25) is 9.59 Å². The highest BCUT2D eigenvalue weighted by atomic mass is 16.5. The lowest BCUT2D eigenvalue weighted by Crippen LogP contribution is -2.03. The molecule has 0 atom stereocenters. The van der Waals surface area contributed by atoms with E-state index in [0.29, 0.717) is 12.0 Å². The first kappa shape index (κ1) is 12.4. The third-order valence-electron chi connectivity index (χ3n) is 2.94. The van der Waals surface area contributed by atoms with E-state index in [-0.39, 0.29) is 5.97 Å². The Morgan fingerprint density at radius 3 is 2.94 bits per heavy atom. The molecule has 0 bridgehead atoms. The van der Waals surface area contributed by atoms with E-state index < -0.39 is 0 Å². The molecule has 0 saturated heterocycles. The summed E-state index contributed by atoms with van der Waals surface area (Å²) in [4.78, 5) is 21.7. The zero-order valence-electron chi connectivity index (χ0n) is 10.3. The van der Waals surface area contributed by atoms with Crippen LogP contribution in [0.15, 0.2) is 30.5 Å². The minimum atomic E-state index is -0.185. The minimum absolute atomic E-state index is 0.185. The molecule has 1 heterocycles. The van der Waals surface area contributed by atoms with Gasteiger partial charge in [-0.1, -0.05) is 0 Å². The van der Waals surface area contributed by atoms with Gasteiger partial charge in [0, 0.05) is 35.6 Å². The first-order valence-electron chi connectivity index (χ1n) is 5.85. The van der Waals surface area contributed by atoms with Crippen molar-refractivity contribution in [3.8, 4) is 0 Å². The number of benzene rings is 1. The van der Waals surface area contributed by atoms with E-state index >= 15 is 0 Å². The molecular formula is C14H15NO3. The molecule has 1 aromatic carbocycles. The largest absolute Gasteiger partial charge is 0.469 e. The highest BCUT2D eigenvalue weighted by Gasteiger charge is 2.04. The number of carbonyl (C=O) groups is 2. The maximum atomic E-state index is 11.0. The Hall–Kier alpha value is -2.10. The number of nitrogens with zero attached hydrogens (tertiary/aromatic N) is 1. The van der Waals surface area contributed by atoms with Crippen LogP contribution in [0.1, 0.15) is 23.2 Å². The molecule has 0 unspecified atom stereocenters. The van der Waals surface area contributed by atoms with E-state index in [0.717, 1.165) is 30.2 Å². The van der Waals surface area contributed by atoms with Gasteiger partial charge in [0.2, 0.25) is 0 Å². The number of esters is 1. The van der Waals surface area contributed by atoms with Crippen LogP contribution in [0.4, 0.5) is 0 Å². The first-order valence-corrected chi connectivity index (χ1v) is 5.85. The van der Waals surface area contributed by atoms with Crippen molar-refractivity contribution in [2.45, 2.75) is 19.4 Å². The summed E-state index contributed by atoms with van der Waals surface area (Å²) in [6, 6.07) is 7.56. The standard InChI is InChI=1S/C14H15NO3/c1-18-14(17)3-2-7-15-8-6-12-9-11(10-16)4-5-13(12)15/h4-6,8-10H,2-3,7H2,1H3. The Balaban J connectivity index is 2.10. The predicted octanol–water partition coefficient (Wildman–Crippen LogP) is 2.41. The average molecular weight is 245 g/mol. The Morgan fingerprint density at radius 1 is 1.39 bits per heavy atom. The zero-order chi connectivity index (χ0) is 13.0. The number of hydrogen-bond donors (Lipinski definition) is 0. The molecule has 0 radical (unpaired) electrons. The second-order valence-corrected chi connectivity index (χ2v) is 4.12. The number of methoxy groups -OCH3 is 1. The van der Waals surface area contributed by atoms with Gasteiger partial charge in [-0.25, -0.2) is 0 Å². The zero-order valence-corrected chi connectivity index (χ0v) is 10.3. The van der Waals surface area contributed by atoms with Crippen LogP contribution in [0.3, 0.4) is 0 Å². The number of aromatic nitrogens is 1. The fraction of sp³-hybridized carbons (Fsp3) is 0.286. The molecule has 0 amide bonds. The van der Waals surface area contributed by atoms with E-state index in [1.165, 1.54) is 7.11 Å². The molecule has 1 aromatic heterocycles. The summed E-state index contributed by atoms with van der Waals surface area (Å²) in [5.74, 6) is -0.185. The van der Waals surface area contributed by atoms with Gasteiger partial charge in [0.05, 0.1) is 7.11 Å². The van der Waals surface area contributed by atoms with Crippen molar-refractivity contribution < 1.29 is 14.3 Å². The highest BCUT2D eigenvalue weighted by Crippen LogP contribution is 2.17. The summed E-state index contributed by atoms with van der Waals surface area (Å²) >= 11 is 0. The minimum Gasteiger partial charge on any atom is -0.469 e. The smallest absolute Gasteiger partial charge is 0.305 e. The van der Waals surface area contributed by atoms with Gasteiger partial charge in [0.15, 0.2) is 0 Å². The van der Waals surface area contributed by atoms with Crippen LogP contribution in [-0.2, 0) is 16.1 Å². The monoisotopic (exact) mass is 245 g/mol. The van der Waals surface area contributed by atoms with Crippen molar-refractivity contribution in [2.24, 2.45) is 0 Å². The predicted molar refractivity (Wildman–Crippen MR) is 68.6 cm³/mol. The van der Waals surface area contributed by atoms with Crippen LogP contribution in [0.25, 0.3) is 10.9 Å². The lowest BCUT2D eigenvalue weighted by atomic mass is 10.2. The molecule has 2 rings (SSSR count). The van der Waals surface area contributed by atoms with E-state index in [1.54, 1.807) is 6.07 Å². The number of aldehydes is 1. The van der Waals surface area contributed by atoms with E-state index in [1.807, 2.05) is 24.4 Å². The van der Waals surface area contributed by atoms with Crippen molar-refractivity contribution >= 4 is 23.2 Å². The second-order valence-electron chi connectivity index (χ2n) is 4.12. The average Bonchev–Trinajstić information content (AvgIpc) is 2.81. The van der Waals surface area contributed by atoms with E-state index in [9.17, 15) is 9.59 Å². The normalized spacial score (nSPS) is 10.5. The molecule has 0 N–H and O–H groups in total. The Labute approximate surface area is 105 Å². The SMILES string of the molecule is COC(=O)CCCn1ccc2cc(C=O)ccc21. The van der Waals surface area contributed by atoms with Crippen molar-refractivity contribution in [1.82, 2.24) is 4.57 Å². The van der Waals surface area contributed by atoms with Crippen molar-refractivity contribution in [3.63, 3.8) is 0 Å². The molecule has 0 aliphatic carbocycles. The Morgan fingerprint density at radius 2 is 2.22 bits per heavy atom. The highest BCUT2D eigenvalue weighted by molar-refractivity contribution is 5.87. The summed E-state index contributed by atoms with van der Waals surface area (Å²) in [6.07, 6.45) is 3.97. The summed E-state index contributed by atoms with van der Waals surface area (Å²) in [5.41, 5.74) is 1.75. The van der Waals surface area contributed by atoms with E-state index in [4.69, 9.17) is 0 Å². The summed E-state index contributed by atoms with van der Waals surface area (Å²) in [7, 11) is 1.40. The summed E-state index contributed by atoms with van der Waals surface area (Å²) < 4.78 is 6.68. The van der Waals surface area contributed by atoms with Gasteiger partial charge >= 0.3 is 5.97 Å². The molecule has 0 spiro atoms. The Kier molecular flexibility index (Phi) is 3.77. The quantitative estimate of drug-likeness (QED) is 0.600. The Bertz CT molecular complexity index is 571. The lowest BCUT2D eigenvalue weighted by molar-refractivity contribution is -0.140. The third-order valence-corrected chi connectivity index (χ3v) is 2.94. The lowest BCUT2D eigenvalue weighted by Gasteiger charge is -2.05. The van der Waals surface area contributed by atoms with Crippen LogP contribution >= 0.6 is 0 Å². The van der Waals surface area contributed by atoms with Gasteiger partial charge < -0.3 is 9.30 Å². The molecule has 94 valence electrons. The topological polar surface area (TPSA) is 48.3 Å². The molecule has 0 fully saturated rings. The van der Waals surface area contributed by atoms with Crippen LogP contribution in [-0.4, -0.2) is 23.9 Å². The van der Waals surface area contributed by atoms with Crippen molar-refractivity contribution in [2.75, 3.05) is 7.11 Å². The van der Waals surface area contributed by atoms with Crippen LogP contribution in [0.2, 0.25) is 0 Å². The molecule has 0 saturated carbocycles. The van der Waals surface area contributed by atoms with Gasteiger partial charge in [-0.15, -0.1) is 0 Å². The fourth-order valence-corrected chi connectivity index (χ4v) is 1.98. The second kappa shape index (κ2) is 5.49. The molecule has 4 heteroatoms. The van der Waals surface area contributed by atoms with Crippen LogP contribution < -0.4 is 0 Å². The number of fused-ring (bicyclic) bond motifs is 1. The van der Waals surface area contributed by atoms with Gasteiger partial charge in [0.1, 0.15) is 6.29 Å². The maximum Gasteiger partial charge on any atom is 0.305 e. The molecular weight excluding hydrogens is 230 g/mol. The number of hydrogen-bond acceptors (Lipinski definition) is 3. The van der Waals surface area contributed by atoms with Gasteiger partial charge in [-0.05, 0) is 30.7 Å². The molecule has 18 heavy (non-hydrogen) atoms. The molecule has 0 aliphatic rings. The van der Waals surface area contributed by atoms with Gasteiger partial charge in [-0.2, -0.15) is 0 Å². The number of ether oxygens (including phenoxy) is 1. The number of aryl methyl sites for hydroxylation is 1. The fourth-order valence-electron chi connectivity index (χ4n) is 1.98. The maximum absolute atomic E-state index is 11.0. The van der Waals surface area contributed by atoms with Crippen LogP contribution in [0.5, 0.6) is 0 Å². The summed E-state index contributed by atoms with van der Waals surface area (Å²) in [5, 5.41) is 1.04. The third kappa shape index (κ3) is 2.59. The van der Waals surface area contributed by atoms with Crippen molar-refractivity contribution in [3.05, 3.63) is 36.0 Å². The van der Waals surface area contributed by atoms with Crippen molar-refractivity contribution in [1.29, 1.82) is 0 Å². The number of carbonyl (C=O) groups excluding carboxylic acids is 2.